The highest BCUT2D eigenvalue weighted by atomic mass is 32.2. The Labute approximate surface area is 157 Å². The maximum atomic E-state index is 12.9. The zero-order chi connectivity index (χ0) is 18.8. The molecular formula is C18H28N2O4S2. The molecular weight excluding hydrogens is 372 g/mol. The number of rotatable bonds is 5. The van der Waals surface area contributed by atoms with E-state index in [0.29, 0.717) is 10.8 Å². The van der Waals surface area contributed by atoms with E-state index < -0.39 is 20.0 Å². The molecule has 0 N–H and O–H groups in total. The summed E-state index contributed by atoms with van der Waals surface area (Å²) in [6.45, 7) is 2.44. The fourth-order valence-electron chi connectivity index (χ4n) is 3.87. The lowest BCUT2D eigenvalue weighted by Gasteiger charge is -2.33. The molecule has 0 aromatic heterocycles. The van der Waals surface area contributed by atoms with Crippen molar-refractivity contribution in [1.82, 2.24) is 8.61 Å². The predicted octanol–water partition coefficient (Wildman–Crippen LogP) is 2.39. The average Bonchev–Trinajstić information content (AvgIpc) is 2.69. The molecule has 1 heterocycles. The van der Waals surface area contributed by atoms with Gasteiger partial charge in [-0.05, 0) is 43.4 Å². The maximum absolute atomic E-state index is 12.9. The molecule has 1 saturated carbocycles. The lowest BCUT2D eigenvalue weighted by Crippen LogP contribution is -2.50. The van der Waals surface area contributed by atoms with Gasteiger partial charge in [0, 0.05) is 26.2 Å². The summed E-state index contributed by atoms with van der Waals surface area (Å²) in [6.07, 6.45) is 6.15. The Morgan fingerprint density at radius 3 is 1.92 bits per heavy atom. The normalized spacial score (nSPS) is 21.7. The Balaban J connectivity index is 1.69. The number of sulfonamides is 2. The van der Waals surface area contributed by atoms with Gasteiger partial charge in [-0.3, -0.25) is 0 Å². The minimum absolute atomic E-state index is 0.0440. The second-order valence-electron chi connectivity index (χ2n) is 7.11. The molecule has 2 fully saturated rings. The van der Waals surface area contributed by atoms with E-state index in [2.05, 4.69) is 0 Å². The summed E-state index contributed by atoms with van der Waals surface area (Å²) >= 11 is 0. The van der Waals surface area contributed by atoms with Gasteiger partial charge >= 0.3 is 0 Å². The Kier molecular flexibility index (Phi) is 6.06. The summed E-state index contributed by atoms with van der Waals surface area (Å²) < 4.78 is 52.3. The van der Waals surface area contributed by atoms with Crippen molar-refractivity contribution in [2.75, 3.05) is 31.9 Å². The minimum atomic E-state index is -3.57. The van der Waals surface area contributed by atoms with Crippen LogP contribution >= 0.6 is 0 Å². The van der Waals surface area contributed by atoms with Crippen molar-refractivity contribution in [2.45, 2.75) is 49.8 Å². The first-order valence-electron chi connectivity index (χ1n) is 9.42. The molecule has 1 aromatic rings. The third-order valence-electron chi connectivity index (χ3n) is 5.55. The molecule has 1 aromatic carbocycles. The SMILES string of the molecule is CCS(=O)(=O)N1CCN(S(=O)(=O)c2ccc(C3CCCCC3)cc2)CC1. The fraction of sp³-hybridized carbons (Fsp3) is 0.667. The summed E-state index contributed by atoms with van der Waals surface area (Å²) in [7, 11) is -6.83. The van der Waals surface area contributed by atoms with Gasteiger partial charge in [-0.1, -0.05) is 31.4 Å². The zero-order valence-electron chi connectivity index (χ0n) is 15.3. The van der Waals surface area contributed by atoms with Crippen LogP contribution in [0.3, 0.4) is 0 Å². The number of hydrogen-bond acceptors (Lipinski definition) is 4. The maximum Gasteiger partial charge on any atom is 0.243 e. The van der Waals surface area contributed by atoms with Gasteiger partial charge < -0.3 is 0 Å². The van der Waals surface area contributed by atoms with Crippen molar-refractivity contribution in [3.8, 4) is 0 Å². The van der Waals surface area contributed by atoms with E-state index in [4.69, 9.17) is 0 Å². The van der Waals surface area contributed by atoms with E-state index in [0.717, 1.165) is 0 Å². The number of benzene rings is 1. The van der Waals surface area contributed by atoms with Gasteiger partial charge in [0.05, 0.1) is 10.6 Å². The molecule has 0 unspecified atom stereocenters. The summed E-state index contributed by atoms with van der Waals surface area (Å²) in [5, 5.41) is 0. The first-order valence-corrected chi connectivity index (χ1v) is 12.5. The largest absolute Gasteiger partial charge is 0.243 e. The van der Waals surface area contributed by atoms with E-state index in [1.54, 1.807) is 19.1 Å². The van der Waals surface area contributed by atoms with Crippen LogP contribution in [0.4, 0.5) is 0 Å². The highest BCUT2D eigenvalue weighted by Crippen LogP contribution is 2.33. The first-order chi connectivity index (χ1) is 12.3. The minimum Gasteiger partial charge on any atom is -0.212 e. The van der Waals surface area contributed by atoms with Gasteiger partial charge in [0.15, 0.2) is 0 Å². The van der Waals surface area contributed by atoms with Gasteiger partial charge in [-0.15, -0.1) is 0 Å². The van der Waals surface area contributed by atoms with Crippen molar-refractivity contribution in [1.29, 1.82) is 0 Å². The molecule has 3 rings (SSSR count). The van der Waals surface area contributed by atoms with Crippen molar-refractivity contribution in [3.05, 3.63) is 29.8 Å². The summed E-state index contributed by atoms with van der Waals surface area (Å²) in [5.74, 6) is 0.589. The van der Waals surface area contributed by atoms with E-state index in [1.165, 1.54) is 46.3 Å². The third kappa shape index (κ3) is 4.13. The van der Waals surface area contributed by atoms with Crippen molar-refractivity contribution in [2.24, 2.45) is 0 Å². The monoisotopic (exact) mass is 400 g/mol. The van der Waals surface area contributed by atoms with E-state index in [1.807, 2.05) is 12.1 Å². The lowest BCUT2D eigenvalue weighted by molar-refractivity contribution is 0.273. The van der Waals surface area contributed by atoms with Gasteiger partial charge in [0.2, 0.25) is 20.0 Å². The van der Waals surface area contributed by atoms with Crippen LogP contribution in [0.2, 0.25) is 0 Å². The second kappa shape index (κ2) is 7.96. The van der Waals surface area contributed by atoms with Crippen LogP contribution in [0.5, 0.6) is 0 Å². The highest BCUT2D eigenvalue weighted by Gasteiger charge is 2.32. The average molecular weight is 401 g/mol. The van der Waals surface area contributed by atoms with E-state index in [-0.39, 0.29) is 31.9 Å². The Bertz CT molecular complexity index is 805. The van der Waals surface area contributed by atoms with Crippen molar-refractivity contribution in [3.63, 3.8) is 0 Å². The molecule has 1 aliphatic heterocycles. The van der Waals surface area contributed by atoms with Crippen LogP contribution in [0.25, 0.3) is 0 Å². The standard InChI is InChI=1S/C18H28N2O4S2/c1-2-25(21,22)19-12-14-20(15-13-19)26(23,24)18-10-8-17(9-11-18)16-6-4-3-5-7-16/h8-11,16H,2-7,12-15H2,1H3. The number of piperazine rings is 1. The van der Waals surface area contributed by atoms with Crippen LogP contribution < -0.4 is 0 Å². The molecule has 0 bridgehead atoms. The van der Waals surface area contributed by atoms with Crippen LogP contribution in [0.1, 0.15) is 50.5 Å². The van der Waals surface area contributed by atoms with Crippen molar-refractivity contribution < 1.29 is 16.8 Å². The molecule has 0 spiro atoms. The smallest absolute Gasteiger partial charge is 0.212 e. The van der Waals surface area contributed by atoms with Gasteiger partial charge in [0.25, 0.3) is 0 Å². The third-order valence-corrected chi connectivity index (χ3v) is 9.34. The molecule has 146 valence electrons. The molecule has 26 heavy (non-hydrogen) atoms. The van der Waals surface area contributed by atoms with E-state index in [9.17, 15) is 16.8 Å². The van der Waals surface area contributed by atoms with Crippen LogP contribution in [0, 0.1) is 0 Å². The first kappa shape index (κ1) is 19.8. The Hall–Kier alpha value is -0.960. The van der Waals surface area contributed by atoms with Crippen LogP contribution in [-0.2, 0) is 20.0 Å². The molecule has 1 aliphatic carbocycles. The quantitative estimate of drug-likeness (QED) is 0.761. The predicted molar refractivity (Wildman–Crippen MR) is 102 cm³/mol. The summed E-state index contributed by atoms with van der Waals surface area (Å²) in [4.78, 5) is 0.295. The van der Waals surface area contributed by atoms with Crippen LogP contribution in [-0.4, -0.2) is 57.4 Å². The molecule has 0 atom stereocenters. The molecule has 0 amide bonds. The van der Waals surface area contributed by atoms with Gasteiger partial charge in [-0.2, -0.15) is 8.61 Å². The molecule has 0 radical (unpaired) electrons. The second-order valence-corrected chi connectivity index (χ2v) is 11.3. The summed E-state index contributed by atoms with van der Waals surface area (Å²) in [5.41, 5.74) is 1.22. The zero-order valence-corrected chi connectivity index (χ0v) is 16.9. The Morgan fingerprint density at radius 1 is 0.846 bits per heavy atom. The lowest BCUT2D eigenvalue weighted by atomic mass is 9.84. The topological polar surface area (TPSA) is 74.8 Å². The van der Waals surface area contributed by atoms with Crippen LogP contribution in [0.15, 0.2) is 29.2 Å². The molecule has 8 heteroatoms. The molecule has 1 saturated heterocycles. The highest BCUT2D eigenvalue weighted by molar-refractivity contribution is 7.89. The van der Waals surface area contributed by atoms with E-state index >= 15 is 0 Å². The molecule has 2 aliphatic rings. The van der Waals surface area contributed by atoms with Crippen molar-refractivity contribution >= 4 is 20.0 Å². The van der Waals surface area contributed by atoms with Gasteiger partial charge in [-0.25, -0.2) is 16.8 Å². The number of nitrogens with zero attached hydrogens (tertiary/aromatic N) is 2. The molecule has 6 nitrogen and oxygen atoms in total. The fourth-order valence-corrected chi connectivity index (χ4v) is 6.37. The summed E-state index contributed by atoms with van der Waals surface area (Å²) in [6, 6.07) is 7.30. The number of hydrogen-bond donors (Lipinski definition) is 0. The Morgan fingerprint density at radius 2 is 1.38 bits per heavy atom. The van der Waals surface area contributed by atoms with Gasteiger partial charge in [0.1, 0.15) is 0 Å².